The van der Waals surface area contributed by atoms with E-state index in [1.807, 2.05) is 0 Å². The van der Waals surface area contributed by atoms with E-state index in [0.29, 0.717) is 12.0 Å². The molecule has 0 unspecified atom stereocenters. The molecular weight excluding hydrogens is 333 g/mol. The molecule has 3 nitrogen and oxygen atoms in total. The quantitative estimate of drug-likeness (QED) is 0.440. The molecule has 3 rings (SSSR count). The normalized spacial score (nSPS) is 16.6. The molecule has 0 amide bonds. The van der Waals surface area contributed by atoms with Crippen molar-refractivity contribution in [3.8, 4) is 5.69 Å². The summed E-state index contributed by atoms with van der Waals surface area (Å²) in [6.07, 6.45) is 4.52. The highest BCUT2D eigenvalue weighted by Crippen LogP contribution is 2.25. The number of nitrogens with zero attached hydrogens (tertiary/aromatic N) is 3. The Morgan fingerprint density at radius 1 is 1.12 bits per heavy atom. The highest BCUT2D eigenvalue weighted by molar-refractivity contribution is 6.50. The molecule has 0 fully saturated rings. The number of halogens is 4. The van der Waals surface area contributed by atoms with Crippen molar-refractivity contribution in [2.45, 2.75) is 53.5 Å². The van der Waals surface area contributed by atoms with E-state index in [1.54, 1.807) is 0 Å². The van der Waals surface area contributed by atoms with Crippen LogP contribution in [-0.2, 0) is 6.42 Å². The predicted octanol–water partition coefficient (Wildman–Crippen LogP) is 4.53. The van der Waals surface area contributed by atoms with Crippen LogP contribution in [0.5, 0.6) is 0 Å². The van der Waals surface area contributed by atoms with Gasteiger partial charge in [-0.25, -0.2) is 4.57 Å². The van der Waals surface area contributed by atoms with E-state index in [-0.39, 0.29) is 0 Å². The Labute approximate surface area is 145 Å². The largest absolute Gasteiger partial charge is 0.673 e. The van der Waals surface area contributed by atoms with Crippen LogP contribution in [0.25, 0.3) is 5.69 Å². The van der Waals surface area contributed by atoms with Crippen molar-refractivity contribution in [3.05, 3.63) is 41.0 Å². The molecule has 1 aliphatic heterocycles. The maximum atomic E-state index is 9.75. The average molecular weight is 357 g/mol. The summed E-state index contributed by atoms with van der Waals surface area (Å²) in [4.78, 5) is 0. The Balaban J connectivity index is 0.000000399. The van der Waals surface area contributed by atoms with E-state index < -0.39 is 7.25 Å². The Hall–Kier alpha value is -1.86. The van der Waals surface area contributed by atoms with Crippen molar-refractivity contribution in [1.82, 2.24) is 9.78 Å². The lowest BCUT2D eigenvalue weighted by molar-refractivity contribution is -0.723. The molecule has 1 atom stereocenters. The van der Waals surface area contributed by atoms with Gasteiger partial charge >= 0.3 is 7.25 Å². The third-order valence-corrected chi connectivity index (χ3v) is 4.41. The monoisotopic (exact) mass is 357 g/mol. The van der Waals surface area contributed by atoms with E-state index >= 15 is 0 Å². The fourth-order valence-corrected chi connectivity index (χ4v) is 3.55. The van der Waals surface area contributed by atoms with Crippen LogP contribution in [0.1, 0.15) is 48.8 Å². The zero-order valence-electron chi connectivity index (χ0n) is 15.2. The Bertz CT molecular complexity index is 724. The van der Waals surface area contributed by atoms with Gasteiger partial charge in [0.15, 0.2) is 0 Å². The van der Waals surface area contributed by atoms with Crippen LogP contribution < -0.4 is 4.57 Å². The minimum atomic E-state index is -6.00. The SMILES string of the molecule is Cc1cc(C)c(-n2c[n+]3c(n2)CC[C@H]3C(C)C)c(C)c1.F[B-](F)(F)F. The standard InChI is InChI=1S/C17H24N3.BF4/c1-11(2)15-6-7-16-18-20(10-19(15)16)17-13(4)8-12(3)9-14(17)5;2-1(3,4)5/h8-11,15H,6-7H2,1-5H3;/q+1;-1/t15-;/m0./s1. The second-order valence-corrected chi connectivity index (χ2v) is 6.98. The lowest BCUT2D eigenvalue weighted by Crippen LogP contribution is -2.38. The Kier molecular flexibility index (Phi) is 5.59. The smallest absolute Gasteiger partial charge is 0.418 e. The molecule has 8 heteroatoms. The number of hydrogen-bond acceptors (Lipinski definition) is 1. The topological polar surface area (TPSA) is 21.7 Å². The molecule has 1 aromatic heterocycles. The van der Waals surface area contributed by atoms with Crippen molar-refractivity contribution in [2.24, 2.45) is 5.92 Å². The van der Waals surface area contributed by atoms with Crippen molar-refractivity contribution >= 4 is 7.25 Å². The fourth-order valence-electron chi connectivity index (χ4n) is 3.55. The van der Waals surface area contributed by atoms with Crippen molar-refractivity contribution < 1.29 is 21.8 Å². The van der Waals surface area contributed by atoms with Gasteiger partial charge in [0.05, 0.1) is 6.04 Å². The molecule has 138 valence electrons. The number of fused-ring (bicyclic) bond motifs is 1. The molecule has 0 spiro atoms. The van der Waals surface area contributed by atoms with Gasteiger partial charge in [-0.3, -0.25) is 0 Å². The summed E-state index contributed by atoms with van der Waals surface area (Å²) in [7, 11) is -6.00. The highest BCUT2D eigenvalue weighted by Gasteiger charge is 2.33. The summed E-state index contributed by atoms with van der Waals surface area (Å²) in [5, 5.41) is 4.82. The lowest BCUT2D eigenvalue weighted by Gasteiger charge is -2.12. The zero-order chi connectivity index (χ0) is 18.9. The maximum Gasteiger partial charge on any atom is 0.673 e. The summed E-state index contributed by atoms with van der Waals surface area (Å²) in [6, 6.07) is 5.07. The molecule has 2 aromatic rings. The second-order valence-electron chi connectivity index (χ2n) is 6.98. The molecule has 0 N–H and O–H groups in total. The van der Waals surface area contributed by atoms with Crippen molar-refractivity contribution in [1.29, 1.82) is 0 Å². The summed E-state index contributed by atoms with van der Waals surface area (Å²) in [6.45, 7) is 11.1. The van der Waals surface area contributed by atoms with Gasteiger partial charge in [-0.2, -0.15) is 0 Å². The summed E-state index contributed by atoms with van der Waals surface area (Å²) < 4.78 is 43.5. The van der Waals surface area contributed by atoms with Gasteiger partial charge in [-0.1, -0.05) is 36.2 Å². The molecule has 0 radical (unpaired) electrons. The number of benzene rings is 1. The molecule has 0 aliphatic carbocycles. The van der Waals surface area contributed by atoms with Crippen LogP contribution in [0.15, 0.2) is 18.5 Å². The number of aryl methyl sites for hydroxylation is 4. The summed E-state index contributed by atoms with van der Waals surface area (Å²) >= 11 is 0. The second kappa shape index (κ2) is 7.18. The molecule has 0 saturated heterocycles. The van der Waals surface area contributed by atoms with Gasteiger partial charge in [0.2, 0.25) is 6.33 Å². The van der Waals surface area contributed by atoms with Gasteiger partial charge in [0, 0.05) is 11.5 Å². The molecule has 25 heavy (non-hydrogen) atoms. The van der Waals surface area contributed by atoms with E-state index in [4.69, 9.17) is 5.10 Å². The Morgan fingerprint density at radius 2 is 1.64 bits per heavy atom. The van der Waals surface area contributed by atoms with Crippen LogP contribution in [0.3, 0.4) is 0 Å². The number of aromatic nitrogens is 3. The van der Waals surface area contributed by atoms with Gasteiger partial charge in [-0.05, 0) is 44.2 Å². The first-order valence-electron chi connectivity index (χ1n) is 8.42. The van der Waals surface area contributed by atoms with Crippen LogP contribution in [0, 0.1) is 26.7 Å². The van der Waals surface area contributed by atoms with Crippen LogP contribution in [0.4, 0.5) is 17.3 Å². The fraction of sp³-hybridized carbons (Fsp3) is 0.529. The van der Waals surface area contributed by atoms with Crippen molar-refractivity contribution in [2.75, 3.05) is 0 Å². The first kappa shape index (κ1) is 19.5. The van der Waals surface area contributed by atoms with E-state index in [0.717, 1.165) is 6.42 Å². The maximum absolute atomic E-state index is 9.75. The lowest BCUT2D eigenvalue weighted by atomic mass is 10.0. The van der Waals surface area contributed by atoms with E-state index in [9.17, 15) is 17.3 Å². The van der Waals surface area contributed by atoms with Crippen LogP contribution in [-0.4, -0.2) is 17.0 Å². The molecular formula is C17H24BF4N3. The minimum absolute atomic E-state index is 0.602. The first-order chi connectivity index (χ1) is 11.5. The van der Waals surface area contributed by atoms with Gasteiger partial charge in [0.1, 0.15) is 5.69 Å². The zero-order valence-corrected chi connectivity index (χ0v) is 15.2. The van der Waals surface area contributed by atoms with Crippen LogP contribution >= 0.6 is 0 Å². The third kappa shape index (κ3) is 4.83. The highest BCUT2D eigenvalue weighted by atomic mass is 19.5. The first-order valence-corrected chi connectivity index (χ1v) is 8.42. The average Bonchev–Trinajstić information content (AvgIpc) is 2.94. The molecule has 1 aliphatic rings. The molecule has 0 saturated carbocycles. The number of hydrogen-bond donors (Lipinski definition) is 0. The van der Waals surface area contributed by atoms with Gasteiger partial charge < -0.3 is 17.3 Å². The number of rotatable bonds is 2. The summed E-state index contributed by atoms with van der Waals surface area (Å²) in [5.74, 6) is 1.89. The minimum Gasteiger partial charge on any atom is -0.418 e. The van der Waals surface area contributed by atoms with Crippen LogP contribution in [0.2, 0.25) is 0 Å². The molecule has 0 bridgehead atoms. The molecule has 1 aromatic carbocycles. The van der Waals surface area contributed by atoms with E-state index in [2.05, 4.69) is 62.3 Å². The Morgan fingerprint density at radius 3 is 2.12 bits per heavy atom. The molecule has 2 heterocycles. The van der Waals surface area contributed by atoms with E-state index in [1.165, 1.54) is 34.6 Å². The third-order valence-electron chi connectivity index (χ3n) is 4.41. The summed E-state index contributed by atoms with van der Waals surface area (Å²) in [5.41, 5.74) is 5.15. The van der Waals surface area contributed by atoms with Crippen molar-refractivity contribution in [3.63, 3.8) is 0 Å². The van der Waals surface area contributed by atoms with Gasteiger partial charge in [0.25, 0.3) is 5.82 Å². The van der Waals surface area contributed by atoms with Gasteiger partial charge in [-0.15, -0.1) is 0 Å². The predicted molar refractivity (Wildman–Crippen MR) is 90.4 cm³/mol.